The van der Waals surface area contributed by atoms with Gasteiger partial charge in [0.1, 0.15) is 0 Å². The molecular formula is C8H16N2O2. The Labute approximate surface area is 72.1 Å². The van der Waals surface area contributed by atoms with Gasteiger partial charge in [0.15, 0.2) is 0 Å². The summed E-state index contributed by atoms with van der Waals surface area (Å²) >= 11 is 0. The van der Waals surface area contributed by atoms with Crippen LogP contribution in [0.3, 0.4) is 0 Å². The third kappa shape index (κ3) is 1.07. The molecule has 4 N–H and O–H groups in total. The molecule has 0 aromatic rings. The van der Waals surface area contributed by atoms with Crippen LogP contribution in [0.2, 0.25) is 0 Å². The summed E-state index contributed by atoms with van der Waals surface area (Å²) in [6.45, 7) is 2.72. The van der Waals surface area contributed by atoms with Crippen molar-refractivity contribution in [1.29, 1.82) is 0 Å². The Hall–Kier alpha value is -0.160. The quantitative estimate of drug-likeness (QED) is 0.466. The van der Waals surface area contributed by atoms with Crippen LogP contribution in [0.25, 0.3) is 0 Å². The van der Waals surface area contributed by atoms with Crippen molar-refractivity contribution in [2.75, 3.05) is 26.3 Å². The third-order valence-electron chi connectivity index (χ3n) is 3.13. The molecule has 70 valence electrons. The first kappa shape index (κ1) is 8.44. The van der Waals surface area contributed by atoms with Gasteiger partial charge in [-0.2, -0.15) is 0 Å². The van der Waals surface area contributed by atoms with Gasteiger partial charge < -0.3 is 20.9 Å². The first-order chi connectivity index (χ1) is 5.66. The molecule has 0 saturated carbocycles. The summed E-state index contributed by atoms with van der Waals surface area (Å²) in [5.41, 5.74) is 4.94. The van der Waals surface area contributed by atoms with Gasteiger partial charge in [0.05, 0.1) is 11.1 Å². The van der Waals surface area contributed by atoms with Crippen molar-refractivity contribution in [2.24, 2.45) is 5.73 Å². The minimum Gasteiger partial charge on any atom is -0.388 e. The predicted octanol–water partition coefficient (Wildman–Crippen LogP) is -1.17. The Bertz CT molecular complexity index is 174. The highest BCUT2D eigenvalue weighted by Gasteiger charge is 2.51. The second-order valence-corrected chi connectivity index (χ2v) is 3.90. The fourth-order valence-electron chi connectivity index (χ4n) is 1.93. The molecule has 0 aliphatic carbocycles. The lowest BCUT2D eigenvalue weighted by molar-refractivity contribution is -0.123. The Kier molecular flexibility index (Phi) is 1.88. The second-order valence-electron chi connectivity index (χ2n) is 3.90. The fourth-order valence-corrected chi connectivity index (χ4v) is 1.93. The van der Waals surface area contributed by atoms with Crippen LogP contribution in [0.15, 0.2) is 0 Å². The molecule has 0 aromatic carbocycles. The molecule has 0 bridgehead atoms. The van der Waals surface area contributed by atoms with E-state index in [1.807, 2.05) is 0 Å². The number of nitrogens with one attached hydrogen (secondary N) is 1. The van der Waals surface area contributed by atoms with Crippen LogP contribution in [0.1, 0.15) is 12.8 Å². The van der Waals surface area contributed by atoms with Gasteiger partial charge in [-0.15, -0.1) is 0 Å². The van der Waals surface area contributed by atoms with E-state index in [9.17, 15) is 5.11 Å². The number of ether oxygens (including phenoxy) is 1. The lowest BCUT2D eigenvalue weighted by Crippen LogP contribution is -2.77. The van der Waals surface area contributed by atoms with Gasteiger partial charge in [0.25, 0.3) is 0 Å². The van der Waals surface area contributed by atoms with E-state index < -0.39 is 11.1 Å². The molecule has 0 atom stereocenters. The predicted molar refractivity (Wildman–Crippen MR) is 44.8 cm³/mol. The van der Waals surface area contributed by atoms with Crippen molar-refractivity contribution in [2.45, 2.75) is 24.0 Å². The maximum atomic E-state index is 10.2. The molecule has 4 heteroatoms. The summed E-state index contributed by atoms with van der Waals surface area (Å²) in [6.07, 6.45) is 1.34. The van der Waals surface area contributed by atoms with Crippen molar-refractivity contribution >= 4 is 0 Å². The average molecular weight is 172 g/mol. The normalized spacial score (nSPS) is 32.5. The van der Waals surface area contributed by atoms with Crippen molar-refractivity contribution in [3.8, 4) is 0 Å². The molecule has 2 aliphatic rings. The van der Waals surface area contributed by atoms with Crippen LogP contribution < -0.4 is 11.1 Å². The van der Waals surface area contributed by atoms with Crippen LogP contribution in [-0.4, -0.2) is 42.5 Å². The van der Waals surface area contributed by atoms with Gasteiger partial charge >= 0.3 is 0 Å². The van der Waals surface area contributed by atoms with E-state index in [2.05, 4.69) is 5.32 Å². The molecule has 0 spiro atoms. The zero-order valence-corrected chi connectivity index (χ0v) is 7.18. The lowest BCUT2D eigenvalue weighted by atomic mass is 9.71. The second kappa shape index (κ2) is 2.67. The minimum absolute atomic E-state index is 0.406. The van der Waals surface area contributed by atoms with Crippen LogP contribution >= 0.6 is 0 Å². The van der Waals surface area contributed by atoms with Gasteiger partial charge in [0, 0.05) is 39.1 Å². The van der Waals surface area contributed by atoms with E-state index >= 15 is 0 Å². The summed E-state index contributed by atoms with van der Waals surface area (Å²) in [5.74, 6) is 0. The highest BCUT2D eigenvalue weighted by Crippen LogP contribution is 2.32. The Morgan fingerprint density at radius 2 is 1.83 bits per heavy atom. The standard InChI is InChI=1S/C8H16N2O2/c9-7(5-10-6-7)8(11)1-3-12-4-2-8/h10-11H,1-6,9H2. The van der Waals surface area contributed by atoms with Gasteiger partial charge in [-0.3, -0.25) is 0 Å². The summed E-state index contributed by atoms with van der Waals surface area (Å²) in [5, 5.41) is 13.3. The molecule has 2 saturated heterocycles. The van der Waals surface area contributed by atoms with Crippen LogP contribution in [0.5, 0.6) is 0 Å². The molecule has 2 rings (SSSR count). The maximum Gasteiger partial charge on any atom is 0.0895 e. The molecule has 12 heavy (non-hydrogen) atoms. The lowest BCUT2D eigenvalue weighted by Gasteiger charge is -2.52. The van der Waals surface area contributed by atoms with Crippen molar-refractivity contribution in [1.82, 2.24) is 5.32 Å². The number of hydrogen-bond donors (Lipinski definition) is 3. The molecule has 0 unspecified atom stereocenters. The first-order valence-corrected chi connectivity index (χ1v) is 4.46. The zero-order valence-electron chi connectivity index (χ0n) is 7.18. The largest absolute Gasteiger partial charge is 0.388 e. The fraction of sp³-hybridized carbons (Fsp3) is 1.00. The highest BCUT2D eigenvalue weighted by atomic mass is 16.5. The number of nitrogens with two attached hydrogens (primary N) is 1. The Morgan fingerprint density at radius 3 is 2.25 bits per heavy atom. The summed E-state index contributed by atoms with van der Waals surface area (Å²) in [6, 6.07) is 0. The van der Waals surface area contributed by atoms with Gasteiger partial charge in [-0.1, -0.05) is 0 Å². The summed E-state index contributed by atoms with van der Waals surface area (Å²) < 4.78 is 5.19. The molecule has 0 radical (unpaired) electrons. The van der Waals surface area contributed by atoms with Crippen LogP contribution in [0, 0.1) is 0 Å². The van der Waals surface area contributed by atoms with E-state index in [1.165, 1.54) is 0 Å². The monoisotopic (exact) mass is 172 g/mol. The minimum atomic E-state index is -0.698. The van der Waals surface area contributed by atoms with E-state index in [-0.39, 0.29) is 0 Å². The van der Waals surface area contributed by atoms with Crippen molar-refractivity contribution in [3.63, 3.8) is 0 Å². The van der Waals surface area contributed by atoms with Crippen LogP contribution in [0.4, 0.5) is 0 Å². The van der Waals surface area contributed by atoms with Gasteiger partial charge in [-0.05, 0) is 0 Å². The topological polar surface area (TPSA) is 67.5 Å². The summed E-state index contributed by atoms with van der Waals surface area (Å²) in [7, 11) is 0. The SMILES string of the molecule is NC1(C2(O)CCOCC2)CNC1. The van der Waals surface area contributed by atoms with E-state index in [0.717, 1.165) is 13.1 Å². The van der Waals surface area contributed by atoms with E-state index in [0.29, 0.717) is 26.1 Å². The molecule has 2 fully saturated rings. The smallest absolute Gasteiger partial charge is 0.0895 e. The van der Waals surface area contributed by atoms with Gasteiger partial charge in [0.2, 0.25) is 0 Å². The molecular weight excluding hydrogens is 156 g/mol. The highest BCUT2D eigenvalue weighted by molar-refractivity contribution is 5.12. The average Bonchev–Trinajstić information content (AvgIpc) is 2.01. The Morgan fingerprint density at radius 1 is 1.25 bits per heavy atom. The molecule has 4 nitrogen and oxygen atoms in total. The molecule has 2 aliphatic heterocycles. The van der Waals surface area contributed by atoms with Crippen LogP contribution in [-0.2, 0) is 4.74 Å². The molecule has 2 heterocycles. The maximum absolute atomic E-state index is 10.2. The molecule has 0 amide bonds. The molecule has 0 aromatic heterocycles. The van der Waals surface area contributed by atoms with Gasteiger partial charge in [-0.25, -0.2) is 0 Å². The zero-order chi connectivity index (χ0) is 8.66. The van der Waals surface area contributed by atoms with Crippen molar-refractivity contribution < 1.29 is 9.84 Å². The first-order valence-electron chi connectivity index (χ1n) is 4.46. The van der Waals surface area contributed by atoms with Crippen molar-refractivity contribution in [3.05, 3.63) is 0 Å². The Balaban J connectivity index is 2.07. The number of rotatable bonds is 1. The summed E-state index contributed by atoms with van der Waals surface area (Å²) in [4.78, 5) is 0. The van der Waals surface area contributed by atoms with E-state index in [4.69, 9.17) is 10.5 Å². The third-order valence-corrected chi connectivity index (χ3v) is 3.13. The number of aliphatic hydroxyl groups is 1. The van der Waals surface area contributed by atoms with E-state index in [1.54, 1.807) is 0 Å². The number of hydrogen-bond acceptors (Lipinski definition) is 4.